The van der Waals surface area contributed by atoms with Crippen LogP contribution in [0.5, 0.6) is 0 Å². The largest absolute Gasteiger partial charge is 0.352 e. The minimum absolute atomic E-state index is 0.0343. The smallest absolute Gasteiger partial charge is 0.226 e. The summed E-state index contributed by atoms with van der Waals surface area (Å²) in [4.78, 5) is 20.4. The van der Waals surface area contributed by atoms with E-state index >= 15 is 0 Å². The number of anilines is 1. The van der Waals surface area contributed by atoms with E-state index in [1.807, 2.05) is 54.6 Å². The monoisotopic (exact) mass is 470 g/mol. The Bertz CT molecular complexity index is 1070. The van der Waals surface area contributed by atoms with Crippen LogP contribution < -0.4 is 10.6 Å². The molecule has 1 fully saturated rings. The van der Waals surface area contributed by atoms with Crippen molar-refractivity contribution in [2.45, 2.75) is 31.8 Å². The van der Waals surface area contributed by atoms with Gasteiger partial charge in [-0.2, -0.15) is 0 Å². The third-order valence-electron chi connectivity index (χ3n) is 5.34. The van der Waals surface area contributed by atoms with Crippen molar-refractivity contribution < 1.29 is 4.79 Å². The molecule has 1 amide bonds. The molecule has 0 unspecified atom stereocenters. The Morgan fingerprint density at radius 1 is 1.23 bits per heavy atom. The molecule has 1 aliphatic rings. The van der Waals surface area contributed by atoms with E-state index in [9.17, 15) is 4.79 Å². The van der Waals surface area contributed by atoms with Crippen LogP contribution >= 0.6 is 35.2 Å². The fraction of sp³-hybridized carbons (Fsp3) is 0.261. The number of halogens is 1. The third kappa shape index (κ3) is 4.89. The Labute approximate surface area is 196 Å². The summed E-state index contributed by atoms with van der Waals surface area (Å²) in [7, 11) is 0. The number of carbonyl (C=O) groups is 1. The fourth-order valence-corrected chi connectivity index (χ4v) is 5.37. The van der Waals surface area contributed by atoms with Crippen LogP contribution in [0.4, 0.5) is 5.69 Å². The second-order valence-electron chi connectivity index (χ2n) is 7.27. The molecule has 31 heavy (non-hydrogen) atoms. The topological polar surface area (TPSA) is 57.3 Å². The highest BCUT2D eigenvalue weighted by Gasteiger charge is 2.40. The van der Waals surface area contributed by atoms with Gasteiger partial charge < -0.3 is 15.5 Å². The quantitative estimate of drug-likeness (QED) is 0.455. The molecule has 0 saturated carbocycles. The molecule has 0 spiro atoms. The lowest BCUT2D eigenvalue weighted by atomic mass is 10.0. The number of pyridine rings is 1. The van der Waals surface area contributed by atoms with Crippen LogP contribution in [-0.2, 0) is 11.2 Å². The number of aromatic nitrogens is 1. The summed E-state index contributed by atoms with van der Waals surface area (Å²) in [5.74, 6) is -0.0343. The first-order valence-corrected chi connectivity index (χ1v) is 11.8. The van der Waals surface area contributed by atoms with Gasteiger partial charge in [0, 0.05) is 29.7 Å². The SMILES string of the molecule is CCc1ccccc1NC(=O)CCN1C(=S)N[C@H](c2ccccn2)[C@H]1c1ccc(Cl)s1. The standard InChI is InChI=1S/C23H23ClN4OS2/c1-2-15-7-3-4-8-16(15)26-20(29)12-14-28-22(18-10-11-19(24)31-18)21(27-23(28)30)17-9-5-6-13-25-17/h3-11,13,21-22H,2,12,14H2,1H3,(H,26,29)(H,27,30)/t21-,22-/m1/s1. The molecule has 1 saturated heterocycles. The van der Waals surface area contributed by atoms with Crippen LogP contribution in [-0.4, -0.2) is 27.4 Å². The van der Waals surface area contributed by atoms with E-state index in [1.54, 1.807) is 6.20 Å². The molecule has 5 nitrogen and oxygen atoms in total. The van der Waals surface area contributed by atoms with E-state index in [4.69, 9.17) is 23.8 Å². The zero-order valence-electron chi connectivity index (χ0n) is 17.0. The predicted octanol–water partition coefficient (Wildman–Crippen LogP) is 5.36. The average molecular weight is 471 g/mol. The molecule has 2 aromatic heterocycles. The van der Waals surface area contributed by atoms with E-state index in [-0.39, 0.29) is 18.0 Å². The number of benzene rings is 1. The molecular formula is C23H23ClN4OS2. The maximum Gasteiger partial charge on any atom is 0.226 e. The van der Waals surface area contributed by atoms with Crippen LogP contribution in [0.1, 0.15) is 41.6 Å². The number of carbonyl (C=O) groups excluding carboxylic acids is 1. The molecule has 2 N–H and O–H groups in total. The van der Waals surface area contributed by atoms with Gasteiger partial charge in [-0.1, -0.05) is 42.8 Å². The summed E-state index contributed by atoms with van der Waals surface area (Å²) < 4.78 is 0.724. The lowest BCUT2D eigenvalue weighted by Crippen LogP contribution is -2.32. The number of para-hydroxylation sites is 1. The van der Waals surface area contributed by atoms with Gasteiger partial charge in [-0.25, -0.2) is 0 Å². The van der Waals surface area contributed by atoms with Gasteiger partial charge in [-0.15, -0.1) is 11.3 Å². The van der Waals surface area contributed by atoms with E-state index in [2.05, 4.69) is 27.4 Å². The molecule has 3 aromatic rings. The van der Waals surface area contributed by atoms with Crippen LogP contribution in [0.15, 0.2) is 60.8 Å². The van der Waals surface area contributed by atoms with Gasteiger partial charge in [-0.05, 0) is 54.5 Å². The van der Waals surface area contributed by atoms with Gasteiger partial charge in [0.15, 0.2) is 5.11 Å². The maximum absolute atomic E-state index is 12.7. The highest BCUT2D eigenvalue weighted by Crippen LogP contribution is 2.42. The Hall–Kier alpha value is -2.48. The molecule has 1 aromatic carbocycles. The first kappa shape index (κ1) is 21.7. The minimum Gasteiger partial charge on any atom is -0.352 e. The highest BCUT2D eigenvalue weighted by atomic mass is 35.5. The summed E-state index contributed by atoms with van der Waals surface area (Å²) in [6.45, 7) is 2.57. The molecule has 2 atom stereocenters. The molecule has 160 valence electrons. The van der Waals surface area contributed by atoms with Crippen molar-refractivity contribution in [3.8, 4) is 0 Å². The van der Waals surface area contributed by atoms with Crippen molar-refractivity contribution in [1.29, 1.82) is 0 Å². The first-order valence-electron chi connectivity index (χ1n) is 10.2. The number of nitrogens with zero attached hydrogens (tertiary/aromatic N) is 2. The summed E-state index contributed by atoms with van der Waals surface area (Å²) in [6.07, 6.45) is 2.97. The van der Waals surface area contributed by atoms with Gasteiger partial charge in [0.2, 0.25) is 5.91 Å². The van der Waals surface area contributed by atoms with Crippen molar-refractivity contribution in [2.75, 3.05) is 11.9 Å². The minimum atomic E-state index is -0.104. The molecule has 8 heteroatoms. The van der Waals surface area contributed by atoms with Gasteiger partial charge in [-0.3, -0.25) is 9.78 Å². The number of rotatable bonds is 7. The molecule has 3 heterocycles. The maximum atomic E-state index is 12.7. The number of amides is 1. The molecule has 1 aliphatic heterocycles. The van der Waals surface area contributed by atoms with E-state index < -0.39 is 0 Å². The van der Waals surface area contributed by atoms with Crippen molar-refractivity contribution in [3.63, 3.8) is 0 Å². The normalized spacial score (nSPS) is 18.1. The molecule has 0 aliphatic carbocycles. The Morgan fingerprint density at radius 2 is 2.03 bits per heavy atom. The zero-order valence-corrected chi connectivity index (χ0v) is 19.4. The van der Waals surface area contributed by atoms with Gasteiger partial charge in [0.05, 0.1) is 22.1 Å². The number of thiocarbonyl (C=S) groups is 1. The second-order valence-corrected chi connectivity index (χ2v) is 9.40. The summed E-state index contributed by atoms with van der Waals surface area (Å²) in [5.41, 5.74) is 2.89. The lowest BCUT2D eigenvalue weighted by molar-refractivity contribution is -0.116. The van der Waals surface area contributed by atoms with Crippen molar-refractivity contribution in [3.05, 3.63) is 81.3 Å². The number of hydrogen-bond donors (Lipinski definition) is 2. The number of hydrogen-bond acceptors (Lipinski definition) is 4. The van der Waals surface area contributed by atoms with E-state index in [1.165, 1.54) is 11.3 Å². The number of aryl methyl sites for hydroxylation is 1. The Kier molecular flexibility index (Phi) is 6.85. The fourth-order valence-electron chi connectivity index (χ4n) is 3.83. The summed E-state index contributed by atoms with van der Waals surface area (Å²) in [6, 6.07) is 17.5. The molecular weight excluding hydrogens is 448 g/mol. The highest BCUT2D eigenvalue weighted by molar-refractivity contribution is 7.80. The molecule has 4 rings (SSSR count). The van der Waals surface area contributed by atoms with Gasteiger partial charge in [0.25, 0.3) is 0 Å². The van der Waals surface area contributed by atoms with Crippen LogP contribution in [0, 0.1) is 0 Å². The molecule has 0 bridgehead atoms. The zero-order chi connectivity index (χ0) is 21.8. The van der Waals surface area contributed by atoms with Crippen molar-refractivity contribution >= 4 is 51.9 Å². The van der Waals surface area contributed by atoms with Crippen LogP contribution in [0.2, 0.25) is 4.34 Å². The van der Waals surface area contributed by atoms with E-state index in [0.29, 0.717) is 18.1 Å². The number of nitrogens with one attached hydrogen (secondary N) is 2. The van der Waals surface area contributed by atoms with Gasteiger partial charge >= 0.3 is 0 Å². The third-order valence-corrected chi connectivity index (χ3v) is 6.99. The second kappa shape index (κ2) is 9.77. The van der Waals surface area contributed by atoms with Crippen molar-refractivity contribution in [1.82, 2.24) is 15.2 Å². The van der Waals surface area contributed by atoms with Crippen LogP contribution in [0.25, 0.3) is 0 Å². The lowest BCUT2D eigenvalue weighted by Gasteiger charge is -2.26. The number of thiophene rings is 1. The van der Waals surface area contributed by atoms with Crippen molar-refractivity contribution in [2.24, 2.45) is 0 Å². The Balaban J connectivity index is 1.52. The summed E-state index contributed by atoms with van der Waals surface area (Å²) >= 11 is 13.4. The molecule has 0 radical (unpaired) electrons. The van der Waals surface area contributed by atoms with E-state index in [0.717, 1.165) is 32.6 Å². The van der Waals surface area contributed by atoms with Crippen LogP contribution in [0.3, 0.4) is 0 Å². The Morgan fingerprint density at radius 3 is 2.74 bits per heavy atom. The predicted molar refractivity (Wildman–Crippen MR) is 131 cm³/mol. The average Bonchev–Trinajstić information content (AvgIpc) is 3.35. The first-order chi connectivity index (χ1) is 15.1. The van der Waals surface area contributed by atoms with Gasteiger partial charge in [0.1, 0.15) is 0 Å². The summed E-state index contributed by atoms with van der Waals surface area (Å²) in [5, 5.41) is 7.06.